The molecule has 0 saturated heterocycles. The van der Waals surface area contributed by atoms with Crippen LogP contribution in [0.4, 0.5) is 4.39 Å². The standard InChI is InChI=1S/C13H15FO3/c1-2-16-12(15)6-4-10-11(14)5-3-9-7-8-17-13(9)10/h3,5H,2,4,6-8H2,1H3. The molecule has 0 atom stereocenters. The minimum Gasteiger partial charge on any atom is -0.493 e. The lowest BCUT2D eigenvalue weighted by Gasteiger charge is -2.08. The first kappa shape index (κ1) is 11.9. The zero-order valence-corrected chi connectivity index (χ0v) is 9.79. The fourth-order valence-electron chi connectivity index (χ4n) is 1.99. The van der Waals surface area contributed by atoms with Gasteiger partial charge in [0.25, 0.3) is 0 Å². The number of carbonyl (C=O) groups excluding carboxylic acids is 1. The van der Waals surface area contributed by atoms with Crippen LogP contribution in [0.2, 0.25) is 0 Å². The van der Waals surface area contributed by atoms with Crippen molar-refractivity contribution in [2.24, 2.45) is 0 Å². The molecule has 0 radical (unpaired) electrons. The van der Waals surface area contributed by atoms with Gasteiger partial charge in [-0.25, -0.2) is 4.39 Å². The monoisotopic (exact) mass is 238 g/mol. The van der Waals surface area contributed by atoms with Gasteiger partial charge in [-0.2, -0.15) is 0 Å². The lowest BCUT2D eigenvalue weighted by molar-refractivity contribution is -0.143. The second-order valence-electron chi connectivity index (χ2n) is 3.92. The maximum absolute atomic E-state index is 13.6. The molecule has 0 amide bonds. The molecule has 17 heavy (non-hydrogen) atoms. The van der Waals surface area contributed by atoms with Crippen LogP contribution in [0.3, 0.4) is 0 Å². The normalized spacial score (nSPS) is 13.1. The molecule has 3 nitrogen and oxygen atoms in total. The van der Waals surface area contributed by atoms with Crippen LogP contribution in [0.5, 0.6) is 5.75 Å². The second kappa shape index (κ2) is 5.17. The Morgan fingerprint density at radius 3 is 3.12 bits per heavy atom. The number of halogens is 1. The van der Waals surface area contributed by atoms with Crippen molar-refractivity contribution in [3.05, 3.63) is 29.1 Å². The van der Waals surface area contributed by atoms with E-state index < -0.39 is 0 Å². The molecule has 92 valence electrons. The van der Waals surface area contributed by atoms with E-state index in [0.717, 1.165) is 12.0 Å². The second-order valence-corrected chi connectivity index (χ2v) is 3.92. The summed E-state index contributed by atoms with van der Waals surface area (Å²) in [6.45, 7) is 2.69. The average molecular weight is 238 g/mol. The maximum atomic E-state index is 13.6. The molecule has 1 aliphatic rings. The largest absolute Gasteiger partial charge is 0.493 e. The number of rotatable bonds is 4. The molecule has 0 unspecified atom stereocenters. The van der Waals surface area contributed by atoms with Crippen LogP contribution in [0.15, 0.2) is 12.1 Å². The molecule has 1 aromatic carbocycles. The average Bonchev–Trinajstić information content (AvgIpc) is 2.76. The molecular formula is C13H15FO3. The van der Waals surface area contributed by atoms with Gasteiger partial charge in [-0.05, 0) is 25.0 Å². The van der Waals surface area contributed by atoms with Gasteiger partial charge < -0.3 is 9.47 Å². The first-order valence-corrected chi connectivity index (χ1v) is 5.81. The molecule has 4 heteroatoms. The zero-order chi connectivity index (χ0) is 12.3. The Balaban J connectivity index is 2.10. The Bertz CT molecular complexity index is 429. The van der Waals surface area contributed by atoms with Crippen molar-refractivity contribution >= 4 is 5.97 Å². The van der Waals surface area contributed by atoms with Crippen LogP contribution in [-0.4, -0.2) is 19.2 Å². The van der Waals surface area contributed by atoms with Crippen molar-refractivity contribution in [1.29, 1.82) is 0 Å². The van der Waals surface area contributed by atoms with Gasteiger partial charge in [0, 0.05) is 18.4 Å². The van der Waals surface area contributed by atoms with Gasteiger partial charge in [0.15, 0.2) is 0 Å². The van der Waals surface area contributed by atoms with Crippen LogP contribution >= 0.6 is 0 Å². The molecule has 0 aromatic heterocycles. The van der Waals surface area contributed by atoms with Gasteiger partial charge in [0.05, 0.1) is 13.2 Å². The van der Waals surface area contributed by atoms with Gasteiger partial charge in [-0.15, -0.1) is 0 Å². The van der Waals surface area contributed by atoms with E-state index in [-0.39, 0.29) is 18.2 Å². The summed E-state index contributed by atoms with van der Waals surface area (Å²) in [5.41, 5.74) is 1.51. The number of benzene rings is 1. The molecule has 0 fully saturated rings. The Morgan fingerprint density at radius 1 is 1.53 bits per heavy atom. The van der Waals surface area contributed by atoms with Gasteiger partial charge >= 0.3 is 5.97 Å². The SMILES string of the molecule is CCOC(=O)CCc1c(F)ccc2c1OCC2. The molecule has 1 aliphatic heterocycles. The van der Waals surface area contributed by atoms with Crippen molar-refractivity contribution in [2.75, 3.05) is 13.2 Å². The third kappa shape index (κ3) is 2.57. The summed E-state index contributed by atoms with van der Waals surface area (Å²) < 4.78 is 23.9. The topological polar surface area (TPSA) is 35.5 Å². The van der Waals surface area contributed by atoms with E-state index >= 15 is 0 Å². The van der Waals surface area contributed by atoms with Gasteiger partial charge in [0.2, 0.25) is 0 Å². The van der Waals surface area contributed by atoms with Crippen LogP contribution in [-0.2, 0) is 22.4 Å². The molecule has 0 saturated carbocycles. The Hall–Kier alpha value is -1.58. The molecule has 2 rings (SSSR count). The van der Waals surface area contributed by atoms with Crippen LogP contribution in [0.1, 0.15) is 24.5 Å². The molecule has 0 aliphatic carbocycles. The van der Waals surface area contributed by atoms with E-state index in [1.165, 1.54) is 6.07 Å². The first-order chi connectivity index (χ1) is 8.22. The summed E-state index contributed by atoms with van der Waals surface area (Å²) in [5.74, 6) is 0.00625. The fraction of sp³-hybridized carbons (Fsp3) is 0.462. The lowest BCUT2D eigenvalue weighted by Crippen LogP contribution is -2.06. The third-order valence-electron chi connectivity index (χ3n) is 2.79. The molecule has 0 N–H and O–H groups in total. The summed E-state index contributed by atoms with van der Waals surface area (Å²) in [6.07, 6.45) is 1.32. The summed E-state index contributed by atoms with van der Waals surface area (Å²) in [6, 6.07) is 3.18. The predicted octanol–water partition coefficient (Wildman–Crippen LogP) is 2.26. The van der Waals surface area contributed by atoms with Gasteiger partial charge in [0.1, 0.15) is 11.6 Å². The van der Waals surface area contributed by atoms with Gasteiger partial charge in [-0.1, -0.05) is 6.07 Å². The first-order valence-electron chi connectivity index (χ1n) is 5.81. The number of hydrogen-bond donors (Lipinski definition) is 0. The maximum Gasteiger partial charge on any atom is 0.306 e. The van der Waals surface area contributed by atoms with E-state index in [9.17, 15) is 9.18 Å². The highest BCUT2D eigenvalue weighted by molar-refractivity contribution is 5.70. The number of ether oxygens (including phenoxy) is 2. The number of fused-ring (bicyclic) bond motifs is 1. The van der Waals surface area contributed by atoms with Crippen molar-refractivity contribution in [2.45, 2.75) is 26.2 Å². The van der Waals surface area contributed by atoms with Crippen LogP contribution in [0.25, 0.3) is 0 Å². The number of esters is 1. The Kier molecular flexibility index (Phi) is 3.61. The van der Waals surface area contributed by atoms with E-state index in [1.54, 1.807) is 13.0 Å². The molecule has 1 heterocycles. The Morgan fingerprint density at radius 2 is 2.35 bits per heavy atom. The molecular weight excluding hydrogens is 223 g/mol. The summed E-state index contributed by atoms with van der Waals surface area (Å²) in [5, 5.41) is 0. The highest BCUT2D eigenvalue weighted by Crippen LogP contribution is 2.32. The smallest absolute Gasteiger partial charge is 0.306 e. The summed E-state index contributed by atoms with van der Waals surface area (Å²) in [4.78, 5) is 11.2. The molecule has 0 spiro atoms. The predicted molar refractivity (Wildman–Crippen MR) is 60.6 cm³/mol. The van der Waals surface area contributed by atoms with Crippen LogP contribution in [0, 0.1) is 5.82 Å². The minimum absolute atomic E-state index is 0.185. The number of carbonyl (C=O) groups is 1. The summed E-state index contributed by atoms with van der Waals surface area (Å²) in [7, 11) is 0. The van der Waals surface area contributed by atoms with Crippen molar-refractivity contribution < 1.29 is 18.7 Å². The highest BCUT2D eigenvalue weighted by Gasteiger charge is 2.20. The van der Waals surface area contributed by atoms with Gasteiger partial charge in [-0.3, -0.25) is 4.79 Å². The zero-order valence-electron chi connectivity index (χ0n) is 9.79. The lowest BCUT2D eigenvalue weighted by atomic mass is 10.0. The fourth-order valence-corrected chi connectivity index (χ4v) is 1.99. The van der Waals surface area contributed by atoms with Crippen molar-refractivity contribution in [3.8, 4) is 5.75 Å². The Labute approximate surface area is 99.5 Å². The van der Waals surface area contributed by atoms with Crippen molar-refractivity contribution in [1.82, 2.24) is 0 Å². The molecule has 1 aromatic rings. The van der Waals surface area contributed by atoms with E-state index in [0.29, 0.717) is 30.9 Å². The highest BCUT2D eigenvalue weighted by atomic mass is 19.1. The van der Waals surface area contributed by atoms with E-state index in [4.69, 9.17) is 9.47 Å². The van der Waals surface area contributed by atoms with Crippen LogP contribution < -0.4 is 4.74 Å². The summed E-state index contributed by atoms with van der Waals surface area (Å²) >= 11 is 0. The van der Waals surface area contributed by atoms with E-state index in [2.05, 4.69) is 0 Å². The van der Waals surface area contributed by atoms with E-state index in [1.807, 2.05) is 0 Å². The quantitative estimate of drug-likeness (QED) is 0.755. The third-order valence-corrected chi connectivity index (χ3v) is 2.79. The minimum atomic E-state index is -0.310. The molecule has 0 bridgehead atoms. The number of hydrogen-bond acceptors (Lipinski definition) is 3. The van der Waals surface area contributed by atoms with Crippen molar-refractivity contribution in [3.63, 3.8) is 0 Å².